The van der Waals surface area contributed by atoms with Gasteiger partial charge in [0.15, 0.2) is 0 Å². The van der Waals surface area contributed by atoms with E-state index in [2.05, 4.69) is 17.1 Å². The van der Waals surface area contributed by atoms with Gasteiger partial charge in [0.2, 0.25) is 0 Å². The van der Waals surface area contributed by atoms with Gasteiger partial charge < -0.3 is 5.32 Å². The van der Waals surface area contributed by atoms with E-state index in [9.17, 15) is 0 Å². The van der Waals surface area contributed by atoms with Crippen LogP contribution in [0.1, 0.15) is 32.6 Å². The van der Waals surface area contributed by atoms with E-state index in [1.807, 2.05) is 0 Å². The third-order valence-corrected chi connectivity index (χ3v) is 3.31. The summed E-state index contributed by atoms with van der Waals surface area (Å²) >= 11 is 0. The Kier molecular flexibility index (Phi) is 2.66. The van der Waals surface area contributed by atoms with E-state index in [1.54, 1.807) is 0 Å². The molecule has 1 N–H and O–H groups in total. The molecule has 0 radical (unpaired) electrons. The van der Waals surface area contributed by atoms with E-state index in [0.717, 1.165) is 12.1 Å². The van der Waals surface area contributed by atoms with E-state index in [-0.39, 0.29) is 0 Å². The van der Waals surface area contributed by atoms with Crippen LogP contribution in [0.5, 0.6) is 0 Å². The van der Waals surface area contributed by atoms with Crippen molar-refractivity contribution in [1.82, 2.24) is 10.2 Å². The third-order valence-electron chi connectivity index (χ3n) is 3.31. The molecule has 70 valence electrons. The van der Waals surface area contributed by atoms with Gasteiger partial charge in [-0.3, -0.25) is 4.90 Å². The van der Waals surface area contributed by atoms with Crippen molar-refractivity contribution in [3.05, 3.63) is 0 Å². The van der Waals surface area contributed by atoms with E-state index < -0.39 is 0 Å². The summed E-state index contributed by atoms with van der Waals surface area (Å²) in [4.78, 5) is 2.64. The zero-order valence-electron chi connectivity index (χ0n) is 8.05. The Balaban J connectivity index is 1.77. The molecule has 0 bridgehead atoms. The van der Waals surface area contributed by atoms with Crippen molar-refractivity contribution in [2.45, 2.75) is 44.7 Å². The Labute approximate surface area is 75.3 Å². The van der Waals surface area contributed by atoms with Crippen molar-refractivity contribution in [3.8, 4) is 0 Å². The molecule has 0 spiro atoms. The highest BCUT2D eigenvalue weighted by atomic mass is 15.2. The minimum absolute atomic E-state index is 0.797. The predicted octanol–water partition coefficient (Wildman–Crippen LogP) is 1.22. The number of nitrogens with zero attached hydrogens (tertiary/aromatic N) is 1. The lowest BCUT2D eigenvalue weighted by molar-refractivity contribution is 0.244. The van der Waals surface area contributed by atoms with E-state index in [0.29, 0.717) is 0 Å². The molecule has 2 heteroatoms. The summed E-state index contributed by atoms with van der Waals surface area (Å²) in [7, 11) is 0. The Morgan fingerprint density at radius 3 is 2.83 bits per heavy atom. The van der Waals surface area contributed by atoms with Crippen LogP contribution in [-0.2, 0) is 0 Å². The topological polar surface area (TPSA) is 15.3 Å². The van der Waals surface area contributed by atoms with Gasteiger partial charge in [0, 0.05) is 18.6 Å². The van der Waals surface area contributed by atoms with Gasteiger partial charge >= 0.3 is 0 Å². The second-order valence-corrected chi connectivity index (χ2v) is 4.28. The van der Waals surface area contributed by atoms with Gasteiger partial charge in [-0.2, -0.15) is 0 Å². The lowest BCUT2D eigenvalue weighted by Gasteiger charge is -2.24. The second kappa shape index (κ2) is 3.75. The van der Waals surface area contributed by atoms with E-state index >= 15 is 0 Å². The van der Waals surface area contributed by atoms with Crippen molar-refractivity contribution >= 4 is 0 Å². The standard InChI is InChI=1S/C10H20N2/c1-9-4-3-7-12(9)8-10-5-2-6-11-10/h9-11H,2-8H2,1H3. The predicted molar refractivity (Wildman–Crippen MR) is 51.3 cm³/mol. The number of hydrogen-bond donors (Lipinski definition) is 1. The number of hydrogen-bond acceptors (Lipinski definition) is 2. The number of nitrogens with one attached hydrogen (secondary N) is 1. The SMILES string of the molecule is CC1CCCN1CC1CCCN1. The largest absolute Gasteiger partial charge is 0.313 e. The molecule has 2 nitrogen and oxygen atoms in total. The summed E-state index contributed by atoms with van der Waals surface area (Å²) in [5.74, 6) is 0. The molecule has 2 saturated heterocycles. The maximum Gasteiger partial charge on any atom is 0.0195 e. The summed E-state index contributed by atoms with van der Waals surface area (Å²) < 4.78 is 0. The minimum Gasteiger partial charge on any atom is -0.313 e. The van der Waals surface area contributed by atoms with Crippen LogP contribution in [0, 0.1) is 0 Å². The molecule has 0 amide bonds. The minimum atomic E-state index is 0.797. The average Bonchev–Trinajstić information content (AvgIpc) is 2.65. The summed E-state index contributed by atoms with van der Waals surface area (Å²) in [5, 5.41) is 3.56. The molecule has 2 fully saturated rings. The molecule has 2 unspecified atom stereocenters. The summed E-state index contributed by atoms with van der Waals surface area (Å²) in [5.41, 5.74) is 0. The Hall–Kier alpha value is -0.0800. The normalized spacial score (nSPS) is 37.8. The van der Waals surface area contributed by atoms with Gasteiger partial charge in [0.25, 0.3) is 0 Å². The molecule has 2 aliphatic rings. The molecule has 2 aliphatic heterocycles. The van der Waals surface area contributed by atoms with E-state index in [4.69, 9.17) is 0 Å². The molecular weight excluding hydrogens is 148 g/mol. The molecule has 0 aromatic rings. The van der Waals surface area contributed by atoms with Gasteiger partial charge in [-0.1, -0.05) is 0 Å². The average molecular weight is 168 g/mol. The highest BCUT2D eigenvalue weighted by Crippen LogP contribution is 2.18. The second-order valence-electron chi connectivity index (χ2n) is 4.28. The van der Waals surface area contributed by atoms with E-state index in [1.165, 1.54) is 45.3 Å². The van der Waals surface area contributed by atoms with Gasteiger partial charge in [0.05, 0.1) is 0 Å². The summed E-state index contributed by atoms with van der Waals surface area (Å²) in [6, 6.07) is 1.64. The maximum atomic E-state index is 3.56. The molecule has 0 aliphatic carbocycles. The van der Waals surface area contributed by atoms with Crippen molar-refractivity contribution < 1.29 is 0 Å². The van der Waals surface area contributed by atoms with Crippen LogP contribution >= 0.6 is 0 Å². The van der Waals surface area contributed by atoms with Crippen LogP contribution in [0.15, 0.2) is 0 Å². The van der Waals surface area contributed by atoms with Crippen LogP contribution in [0.2, 0.25) is 0 Å². The molecule has 0 saturated carbocycles. The summed E-state index contributed by atoms with van der Waals surface area (Å²) in [6.07, 6.45) is 5.59. The van der Waals surface area contributed by atoms with Crippen LogP contribution in [0.4, 0.5) is 0 Å². The molecular formula is C10H20N2. The van der Waals surface area contributed by atoms with Crippen molar-refractivity contribution in [2.75, 3.05) is 19.6 Å². The van der Waals surface area contributed by atoms with Crippen LogP contribution < -0.4 is 5.32 Å². The van der Waals surface area contributed by atoms with Crippen molar-refractivity contribution in [3.63, 3.8) is 0 Å². The van der Waals surface area contributed by atoms with Gasteiger partial charge in [0.1, 0.15) is 0 Å². The molecule has 2 rings (SSSR count). The molecule has 0 aromatic heterocycles. The first-order valence-electron chi connectivity index (χ1n) is 5.33. The van der Waals surface area contributed by atoms with Crippen LogP contribution in [0.25, 0.3) is 0 Å². The summed E-state index contributed by atoms with van der Waals surface area (Å²) in [6.45, 7) is 6.23. The van der Waals surface area contributed by atoms with Gasteiger partial charge in [-0.05, 0) is 45.7 Å². The monoisotopic (exact) mass is 168 g/mol. The highest BCUT2D eigenvalue weighted by Gasteiger charge is 2.24. The molecule has 0 aromatic carbocycles. The fourth-order valence-corrected chi connectivity index (χ4v) is 2.46. The lowest BCUT2D eigenvalue weighted by Crippen LogP contribution is -2.39. The first-order chi connectivity index (χ1) is 5.86. The zero-order chi connectivity index (χ0) is 8.39. The molecule has 2 atom stereocenters. The first kappa shape index (κ1) is 8.52. The molecule has 12 heavy (non-hydrogen) atoms. The smallest absolute Gasteiger partial charge is 0.0195 e. The first-order valence-corrected chi connectivity index (χ1v) is 5.33. The van der Waals surface area contributed by atoms with Crippen molar-refractivity contribution in [2.24, 2.45) is 0 Å². The van der Waals surface area contributed by atoms with Crippen LogP contribution in [0.3, 0.4) is 0 Å². The highest BCUT2D eigenvalue weighted by molar-refractivity contribution is 4.83. The lowest BCUT2D eigenvalue weighted by atomic mass is 10.2. The quantitative estimate of drug-likeness (QED) is 0.667. The van der Waals surface area contributed by atoms with Crippen LogP contribution in [-0.4, -0.2) is 36.6 Å². The van der Waals surface area contributed by atoms with Gasteiger partial charge in [-0.15, -0.1) is 0 Å². The third kappa shape index (κ3) is 1.80. The zero-order valence-corrected chi connectivity index (χ0v) is 8.05. The van der Waals surface area contributed by atoms with Crippen molar-refractivity contribution in [1.29, 1.82) is 0 Å². The Bertz CT molecular complexity index is 141. The fraction of sp³-hybridized carbons (Fsp3) is 1.00. The molecule has 2 heterocycles. The van der Waals surface area contributed by atoms with Gasteiger partial charge in [-0.25, -0.2) is 0 Å². The number of likely N-dealkylation sites (tertiary alicyclic amines) is 1. The maximum absolute atomic E-state index is 3.56. The Morgan fingerprint density at radius 1 is 1.33 bits per heavy atom. The number of rotatable bonds is 2. The fourth-order valence-electron chi connectivity index (χ4n) is 2.46. The Morgan fingerprint density at radius 2 is 2.25 bits per heavy atom.